The Morgan fingerprint density at radius 2 is 1.64 bits per heavy atom. The maximum absolute atomic E-state index is 15.2. The number of anilines is 2. The predicted molar refractivity (Wildman–Crippen MR) is 226 cm³/mol. The highest BCUT2D eigenvalue weighted by Gasteiger charge is 2.59. The molecule has 7 rings (SSSR count). The van der Waals surface area contributed by atoms with Gasteiger partial charge in [-0.1, -0.05) is 6.92 Å². The number of nitrogen functional groups attached to an aromatic ring is 2. The van der Waals surface area contributed by atoms with Crippen molar-refractivity contribution in [3.05, 3.63) is 29.3 Å². The normalized spacial score (nSPS) is 31.7. The van der Waals surface area contributed by atoms with E-state index in [1.165, 1.54) is 30.7 Å². The van der Waals surface area contributed by atoms with Crippen molar-refractivity contribution in [2.75, 3.05) is 51.1 Å². The van der Waals surface area contributed by atoms with Crippen LogP contribution in [0, 0.1) is 16.2 Å². The number of carbonyl (C=O) groups excluding carboxylic acids is 2. The monoisotopic (exact) mass is 958 g/mol. The van der Waals surface area contributed by atoms with Gasteiger partial charge in [-0.3, -0.25) is 37.5 Å². The Balaban J connectivity index is 1.32. The number of H-pyrrole nitrogens is 1. The molecular formula is C36H52N10O15P2S. The zero-order valence-electron chi connectivity index (χ0n) is 36.3. The van der Waals surface area contributed by atoms with Crippen LogP contribution in [0.2, 0.25) is 0 Å². The van der Waals surface area contributed by atoms with E-state index in [1.54, 1.807) is 53.0 Å². The Morgan fingerprint density at radius 1 is 0.953 bits per heavy atom. The molecule has 3 unspecified atom stereocenters. The summed E-state index contributed by atoms with van der Waals surface area (Å²) in [6.45, 7) is 4.71. The lowest BCUT2D eigenvalue weighted by Gasteiger charge is -2.36. The van der Waals surface area contributed by atoms with Crippen LogP contribution in [0.3, 0.4) is 0 Å². The van der Waals surface area contributed by atoms with Crippen LogP contribution < -0.4 is 17.0 Å². The lowest BCUT2D eigenvalue weighted by molar-refractivity contribution is -0.162. The van der Waals surface area contributed by atoms with Gasteiger partial charge in [0.2, 0.25) is 12.7 Å². The molecule has 3 aliphatic rings. The van der Waals surface area contributed by atoms with E-state index in [-0.39, 0.29) is 53.5 Å². The zero-order valence-corrected chi connectivity index (χ0v) is 38.9. The zero-order chi connectivity index (χ0) is 46.6. The number of aromatic nitrogens is 8. The van der Waals surface area contributed by atoms with Crippen LogP contribution in [-0.2, 0) is 60.3 Å². The minimum atomic E-state index is -5.00. The van der Waals surface area contributed by atoms with Crippen molar-refractivity contribution in [2.45, 2.75) is 97.5 Å². The second-order valence-electron chi connectivity index (χ2n) is 17.9. The van der Waals surface area contributed by atoms with E-state index in [4.69, 9.17) is 53.0 Å². The van der Waals surface area contributed by atoms with E-state index in [0.717, 1.165) is 0 Å². The average Bonchev–Trinajstić information content (AvgIpc) is 3.97. The lowest BCUT2D eigenvalue weighted by atomic mass is 9.87. The third-order valence-corrected chi connectivity index (χ3v) is 15.8. The molecule has 0 aromatic carbocycles. The Bertz CT molecular complexity index is 2560. The number of nitrogens with zero attached hydrogens (tertiary/aromatic N) is 7. The molecule has 0 radical (unpaired) electrons. The summed E-state index contributed by atoms with van der Waals surface area (Å²) in [5.74, 6) is -1.91. The van der Waals surface area contributed by atoms with Crippen molar-refractivity contribution < 1.29 is 65.4 Å². The molecule has 9 atom stereocenters. The second kappa shape index (κ2) is 17.6. The number of phosphoric ester groups is 1. The van der Waals surface area contributed by atoms with E-state index in [1.807, 2.05) is 0 Å². The molecule has 25 nitrogen and oxygen atoms in total. The molecule has 4 aromatic rings. The van der Waals surface area contributed by atoms with E-state index >= 15 is 9.13 Å². The van der Waals surface area contributed by atoms with Gasteiger partial charge >= 0.3 is 26.6 Å². The summed E-state index contributed by atoms with van der Waals surface area (Å²) in [5, 5.41) is 12.2. The van der Waals surface area contributed by atoms with Gasteiger partial charge in [0.05, 0.1) is 49.3 Å². The van der Waals surface area contributed by atoms with E-state index in [2.05, 4.69) is 29.9 Å². The van der Waals surface area contributed by atoms with Gasteiger partial charge in [-0.05, 0) is 48.0 Å². The number of nitrogens with two attached hydrogens (primary N) is 2. The number of methoxy groups -OCH3 is 1. The largest absolute Gasteiger partial charge is 0.478 e. The molecule has 0 bridgehead atoms. The summed E-state index contributed by atoms with van der Waals surface area (Å²) in [7, 11) is -3.67. The number of aliphatic hydroxyl groups is 1. The molecule has 2 aliphatic heterocycles. The van der Waals surface area contributed by atoms with Crippen molar-refractivity contribution in [3.63, 3.8) is 0 Å². The third-order valence-electron chi connectivity index (χ3n) is 11.1. The van der Waals surface area contributed by atoms with Crippen LogP contribution >= 0.6 is 26.0 Å². The smallest absolute Gasteiger partial charge is 0.454 e. The highest BCUT2D eigenvalue weighted by molar-refractivity contribution is 8.55. The lowest BCUT2D eigenvalue weighted by Crippen LogP contribution is -2.47. The maximum Gasteiger partial charge on any atom is 0.478 e. The summed E-state index contributed by atoms with van der Waals surface area (Å²) >= 11 is 0.566. The number of phosphoric acid groups is 1. The van der Waals surface area contributed by atoms with Crippen LogP contribution in [0.1, 0.15) is 73.6 Å². The van der Waals surface area contributed by atoms with Crippen LogP contribution in [0.5, 0.6) is 0 Å². The van der Waals surface area contributed by atoms with Gasteiger partial charge in [0.25, 0.3) is 5.56 Å². The number of fused-ring (bicyclic) bond motifs is 4. The number of hydrogen-bond acceptors (Lipinski definition) is 23. The van der Waals surface area contributed by atoms with Crippen molar-refractivity contribution >= 4 is 72.0 Å². The number of hydrogen-bond donors (Lipinski definition) is 4. The van der Waals surface area contributed by atoms with Gasteiger partial charge in [-0.15, -0.1) is 0 Å². The molecule has 1 aliphatic carbocycles. The minimum Gasteiger partial charge on any atom is -0.454 e. The molecule has 6 heterocycles. The summed E-state index contributed by atoms with van der Waals surface area (Å²) < 4.78 is 87.1. The van der Waals surface area contributed by atoms with E-state index in [0.29, 0.717) is 11.4 Å². The Hall–Kier alpha value is -4.07. The number of ether oxygens (including phenoxy) is 4. The fraction of sp³-hybridized carbons (Fsp3) is 0.667. The Morgan fingerprint density at radius 3 is 2.34 bits per heavy atom. The summed E-state index contributed by atoms with van der Waals surface area (Å²) in [4.78, 5) is 61.9. The van der Waals surface area contributed by atoms with Gasteiger partial charge < -0.3 is 44.6 Å². The minimum absolute atomic E-state index is 0.0310. The molecule has 0 spiro atoms. The molecule has 352 valence electrons. The molecule has 4 aromatic heterocycles. The molecular weight excluding hydrogens is 906 g/mol. The molecule has 2 saturated heterocycles. The van der Waals surface area contributed by atoms with Gasteiger partial charge in [-0.25, -0.2) is 33.6 Å². The highest BCUT2D eigenvalue weighted by atomic mass is 32.7. The van der Waals surface area contributed by atoms with Crippen molar-refractivity contribution in [2.24, 2.45) is 16.2 Å². The number of esters is 2. The van der Waals surface area contributed by atoms with Crippen LogP contribution in [0.25, 0.3) is 22.3 Å². The quantitative estimate of drug-likeness (QED) is 0.106. The van der Waals surface area contributed by atoms with Crippen molar-refractivity contribution in [1.29, 1.82) is 0 Å². The predicted octanol–water partition coefficient (Wildman–Crippen LogP) is 3.62. The van der Waals surface area contributed by atoms with Crippen LogP contribution in [0.4, 0.5) is 11.8 Å². The summed E-state index contributed by atoms with van der Waals surface area (Å²) in [6.07, 6.45) is -2.13. The molecule has 28 heteroatoms. The molecule has 1 saturated carbocycles. The van der Waals surface area contributed by atoms with E-state index in [9.17, 15) is 19.5 Å². The third kappa shape index (κ3) is 9.45. The first kappa shape index (κ1) is 47.9. The topological polar surface area (TPSA) is 331 Å². The van der Waals surface area contributed by atoms with Crippen LogP contribution in [-0.4, -0.2) is 120 Å². The number of aromatic amines is 1. The molecule has 3 fully saturated rings. The van der Waals surface area contributed by atoms with Gasteiger partial charge in [0.1, 0.15) is 41.7 Å². The van der Waals surface area contributed by atoms with Gasteiger partial charge in [-0.2, -0.15) is 4.98 Å². The first-order chi connectivity index (χ1) is 29.9. The van der Waals surface area contributed by atoms with Crippen molar-refractivity contribution in [1.82, 2.24) is 39.0 Å². The first-order valence-electron chi connectivity index (χ1n) is 19.9. The fourth-order valence-corrected chi connectivity index (χ4v) is 11.8. The number of imidazole rings is 2. The fourth-order valence-electron chi connectivity index (χ4n) is 7.44. The van der Waals surface area contributed by atoms with Gasteiger partial charge in [0, 0.05) is 30.3 Å². The molecule has 6 N–H and O–H groups in total. The maximum atomic E-state index is 15.2. The molecule has 64 heavy (non-hydrogen) atoms. The number of carbonyl (C=O) groups is 2. The highest BCUT2D eigenvalue weighted by Crippen LogP contribution is 2.66. The SMILES string of the molecule is COC12CCOP(=O)(SCOC(=O)C(C)(C)C)O[C@H]3[C@@H](O)[C@H](n4cnc5c(N)ncnc54)C[C@]3(C)COP(=O)(OCOC(=O)C(C)(C)C)O[C@H]1[C@H](n1cnc3c(=O)[nH]c(N)nc31)OC2. The Labute approximate surface area is 369 Å². The average molecular weight is 959 g/mol. The van der Waals surface area contributed by atoms with Crippen LogP contribution in [0.15, 0.2) is 23.8 Å². The second-order valence-corrected chi connectivity index (χ2v) is 23.5. The molecule has 0 amide bonds. The summed E-state index contributed by atoms with van der Waals surface area (Å²) in [6, 6.07) is -0.914. The van der Waals surface area contributed by atoms with Gasteiger partial charge in [0.15, 0.2) is 28.9 Å². The number of aliphatic hydroxyl groups excluding tert-OH is 1. The Kier molecular flexibility index (Phi) is 13.2. The number of rotatable bonds is 9. The van der Waals surface area contributed by atoms with E-state index < -0.39 is 110 Å². The first-order valence-corrected chi connectivity index (χ1v) is 24.5. The van der Waals surface area contributed by atoms with Crippen molar-refractivity contribution in [3.8, 4) is 0 Å². The number of nitrogens with one attached hydrogen (secondary N) is 1. The summed E-state index contributed by atoms with van der Waals surface area (Å²) in [5.41, 5.74) is 6.77. The standard InChI is InChI=1S/C36H52N10O15P2S/c1-33(2,3)30(49)55-17-59-62(51)58-12-35(7)11-19(45-15-41-20-25(37)39-14-40-26(20)45)22(47)23(35)61-63(52,64-18-56-31(50)34(4,5)6)57-10-9-36(53-8)13-54-29(24(36)60-62)46-16-42-21-27(46)43-32(38)44-28(21)48/h14-16,19,22-24,29,47H,9-13,17-18H2,1-8H3,(H2,37,39,40)(H3,38,43,44,48)/t19-,22+,23+,24+,29-,35-,36?,62?,63?/m1/s1.